The number of benzene rings is 2. The van der Waals surface area contributed by atoms with E-state index in [0.717, 1.165) is 5.56 Å². The monoisotopic (exact) mass is 445 g/mol. The van der Waals surface area contributed by atoms with E-state index in [0.29, 0.717) is 18.8 Å². The number of phenolic OH excluding ortho intramolecular Hbond substituents is 1. The summed E-state index contributed by atoms with van der Waals surface area (Å²) in [6, 6.07) is 12.9. The van der Waals surface area contributed by atoms with Crippen molar-refractivity contribution in [3.8, 4) is 5.75 Å². The number of hydrogen-bond donors (Lipinski definition) is 3. The van der Waals surface area contributed by atoms with E-state index in [4.69, 9.17) is 0 Å². The highest BCUT2D eigenvalue weighted by atomic mass is 32.2. The largest absolute Gasteiger partial charge is 0.507 e. The number of hydrazine groups is 1. The third-order valence-corrected chi connectivity index (χ3v) is 7.37. The van der Waals surface area contributed by atoms with Gasteiger partial charge < -0.3 is 5.11 Å². The Balaban J connectivity index is 1.54. The first kappa shape index (κ1) is 22.8. The minimum atomic E-state index is -3.62. The smallest absolute Gasteiger partial charge is 0.273 e. The van der Waals surface area contributed by atoms with Crippen LogP contribution in [0, 0.1) is 5.92 Å². The lowest BCUT2D eigenvalue weighted by molar-refractivity contribution is -0.126. The molecule has 0 unspecified atom stereocenters. The van der Waals surface area contributed by atoms with Crippen LogP contribution in [0.25, 0.3) is 0 Å². The molecule has 0 radical (unpaired) electrons. The van der Waals surface area contributed by atoms with Crippen molar-refractivity contribution >= 4 is 21.8 Å². The van der Waals surface area contributed by atoms with Gasteiger partial charge in [0.05, 0.1) is 10.5 Å². The van der Waals surface area contributed by atoms with Crippen molar-refractivity contribution in [1.82, 2.24) is 15.2 Å². The lowest BCUT2D eigenvalue weighted by Gasteiger charge is -2.30. The van der Waals surface area contributed by atoms with Crippen molar-refractivity contribution < 1.29 is 23.1 Å². The molecule has 3 rings (SSSR count). The highest BCUT2D eigenvalue weighted by molar-refractivity contribution is 7.89. The van der Waals surface area contributed by atoms with Crippen molar-refractivity contribution in [2.24, 2.45) is 5.92 Å². The molecule has 9 heteroatoms. The summed E-state index contributed by atoms with van der Waals surface area (Å²) < 4.78 is 27.2. The summed E-state index contributed by atoms with van der Waals surface area (Å²) in [4.78, 5) is 24.7. The Kier molecular flexibility index (Phi) is 6.97. The molecule has 8 nitrogen and oxygen atoms in total. The fraction of sp³-hybridized carbons (Fsp3) is 0.364. The zero-order valence-electron chi connectivity index (χ0n) is 17.5. The Morgan fingerprint density at radius 3 is 2.19 bits per heavy atom. The lowest BCUT2D eigenvalue weighted by atomic mass is 9.98. The molecule has 0 spiro atoms. The van der Waals surface area contributed by atoms with Crippen LogP contribution in [0.5, 0.6) is 5.75 Å². The van der Waals surface area contributed by atoms with E-state index in [2.05, 4.69) is 10.9 Å². The SMILES string of the molecule is CC(C)c1ccc(S(=O)(=O)N2CCC(C(=O)NNC(=O)c3ccccc3O)CC2)cc1. The average molecular weight is 446 g/mol. The summed E-state index contributed by atoms with van der Waals surface area (Å²) in [5.41, 5.74) is 5.77. The van der Waals surface area contributed by atoms with Crippen LogP contribution in [0.2, 0.25) is 0 Å². The van der Waals surface area contributed by atoms with Crippen LogP contribution in [0.1, 0.15) is 48.5 Å². The summed E-state index contributed by atoms with van der Waals surface area (Å²) in [5, 5.41) is 9.70. The second-order valence-electron chi connectivity index (χ2n) is 7.86. The molecule has 1 heterocycles. The molecule has 1 aliphatic rings. The highest BCUT2D eigenvalue weighted by Crippen LogP contribution is 2.25. The van der Waals surface area contributed by atoms with E-state index < -0.39 is 21.8 Å². The molecule has 0 bridgehead atoms. The second-order valence-corrected chi connectivity index (χ2v) is 9.80. The van der Waals surface area contributed by atoms with Crippen LogP contribution >= 0.6 is 0 Å². The highest BCUT2D eigenvalue weighted by Gasteiger charge is 2.32. The molecule has 0 saturated carbocycles. The molecule has 166 valence electrons. The molecule has 2 aromatic rings. The van der Waals surface area contributed by atoms with Gasteiger partial charge in [0, 0.05) is 19.0 Å². The molecule has 1 aliphatic heterocycles. The van der Waals surface area contributed by atoms with Gasteiger partial charge in [-0.2, -0.15) is 4.31 Å². The number of nitrogens with one attached hydrogen (secondary N) is 2. The van der Waals surface area contributed by atoms with Gasteiger partial charge in [0.15, 0.2) is 0 Å². The maximum Gasteiger partial charge on any atom is 0.273 e. The minimum Gasteiger partial charge on any atom is -0.507 e. The van der Waals surface area contributed by atoms with Crippen molar-refractivity contribution in [1.29, 1.82) is 0 Å². The van der Waals surface area contributed by atoms with Gasteiger partial charge in [0.25, 0.3) is 5.91 Å². The van der Waals surface area contributed by atoms with Gasteiger partial charge in [-0.15, -0.1) is 0 Å². The normalized spacial score (nSPS) is 15.6. The number of amides is 2. The topological polar surface area (TPSA) is 116 Å². The van der Waals surface area contributed by atoms with E-state index in [1.807, 2.05) is 26.0 Å². The van der Waals surface area contributed by atoms with Crippen LogP contribution in [0.15, 0.2) is 53.4 Å². The molecular formula is C22H27N3O5S. The van der Waals surface area contributed by atoms with Gasteiger partial charge in [-0.1, -0.05) is 38.1 Å². The summed E-state index contributed by atoms with van der Waals surface area (Å²) in [6.07, 6.45) is 0.698. The first-order valence-corrected chi connectivity index (χ1v) is 11.6. The minimum absolute atomic E-state index is 0.0483. The molecule has 3 N–H and O–H groups in total. The molecule has 0 aliphatic carbocycles. The summed E-state index contributed by atoms with van der Waals surface area (Å²) in [7, 11) is -3.62. The van der Waals surface area contributed by atoms with Crippen LogP contribution in [0.3, 0.4) is 0 Å². The molecule has 0 aromatic heterocycles. The zero-order chi connectivity index (χ0) is 22.6. The van der Waals surface area contributed by atoms with Crippen LogP contribution in [-0.4, -0.2) is 42.7 Å². The number of carbonyl (C=O) groups is 2. The molecule has 1 fully saturated rings. The number of phenols is 1. The van der Waals surface area contributed by atoms with Gasteiger partial charge in [-0.3, -0.25) is 20.4 Å². The van der Waals surface area contributed by atoms with Crippen LogP contribution < -0.4 is 10.9 Å². The average Bonchev–Trinajstić information content (AvgIpc) is 2.77. The van der Waals surface area contributed by atoms with Crippen molar-refractivity contribution in [3.63, 3.8) is 0 Å². The van der Waals surface area contributed by atoms with E-state index in [1.165, 1.54) is 16.4 Å². The van der Waals surface area contributed by atoms with E-state index >= 15 is 0 Å². The molecule has 31 heavy (non-hydrogen) atoms. The standard InChI is InChI=1S/C22H27N3O5S/c1-15(2)16-7-9-18(10-8-16)31(29,30)25-13-11-17(12-14-25)21(27)23-24-22(28)19-5-3-4-6-20(19)26/h3-10,15,17,26H,11-14H2,1-2H3,(H,23,27)(H,24,28). The third kappa shape index (κ3) is 5.23. The van der Waals surface area contributed by atoms with Crippen LogP contribution in [-0.2, 0) is 14.8 Å². The Hall–Kier alpha value is -2.91. The van der Waals surface area contributed by atoms with Crippen LogP contribution in [0.4, 0.5) is 0 Å². The summed E-state index contributed by atoms with van der Waals surface area (Å²) in [6.45, 7) is 4.54. The zero-order valence-corrected chi connectivity index (χ0v) is 18.4. The Morgan fingerprint density at radius 2 is 1.61 bits per heavy atom. The molecule has 2 aromatic carbocycles. The van der Waals surface area contributed by atoms with Crippen molar-refractivity contribution in [3.05, 3.63) is 59.7 Å². The Bertz CT molecular complexity index is 1040. The number of aromatic hydroxyl groups is 1. The fourth-order valence-corrected chi connectivity index (χ4v) is 4.96. The summed E-state index contributed by atoms with van der Waals surface area (Å²) in [5.74, 6) is -1.30. The first-order chi connectivity index (χ1) is 14.7. The predicted octanol–water partition coefficient (Wildman–Crippen LogP) is 2.38. The van der Waals surface area contributed by atoms with Gasteiger partial charge in [0.2, 0.25) is 15.9 Å². The first-order valence-electron chi connectivity index (χ1n) is 10.2. The number of sulfonamides is 1. The van der Waals surface area contributed by atoms with E-state index in [1.54, 1.807) is 24.3 Å². The predicted molar refractivity (Wildman–Crippen MR) is 116 cm³/mol. The van der Waals surface area contributed by atoms with E-state index in [-0.39, 0.29) is 35.2 Å². The van der Waals surface area contributed by atoms with Gasteiger partial charge in [0.1, 0.15) is 5.75 Å². The fourth-order valence-electron chi connectivity index (χ4n) is 3.49. The molecule has 1 saturated heterocycles. The van der Waals surface area contributed by atoms with Gasteiger partial charge >= 0.3 is 0 Å². The maximum atomic E-state index is 12.9. The van der Waals surface area contributed by atoms with Gasteiger partial charge in [-0.05, 0) is 48.6 Å². The lowest BCUT2D eigenvalue weighted by Crippen LogP contribution is -2.48. The number of rotatable bonds is 5. The molecular weight excluding hydrogens is 418 g/mol. The maximum absolute atomic E-state index is 12.9. The summed E-state index contributed by atoms with van der Waals surface area (Å²) >= 11 is 0. The van der Waals surface area contributed by atoms with Gasteiger partial charge in [-0.25, -0.2) is 8.42 Å². The van der Waals surface area contributed by atoms with Crippen molar-refractivity contribution in [2.75, 3.05) is 13.1 Å². The number of piperidine rings is 1. The van der Waals surface area contributed by atoms with E-state index in [9.17, 15) is 23.1 Å². The quantitative estimate of drug-likeness (QED) is 0.611. The van der Waals surface area contributed by atoms with Crippen molar-refractivity contribution in [2.45, 2.75) is 37.5 Å². The third-order valence-electron chi connectivity index (χ3n) is 5.46. The Morgan fingerprint density at radius 1 is 1.00 bits per heavy atom. The molecule has 2 amide bonds. The number of nitrogens with zero attached hydrogens (tertiary/aromatic N) is 1. The second kappa shape index (κ2) is 9.49. The molecule has 0 atom stereocenters. The number of carbonyl (C=O) groups excluding carboxylic acids is 2. The number of hydrogen-bond acceptors (Lipinski definition) is 5. The Labute approximate surface area is 182 Å². The number of para-hydroxylation sites is 1.